The van der Waals surface area contributed by atoms with E-state index in [4.69, 9.17) is 19.4 Å². The standard InChI is InChI=1S/C59H39N3OS/c1-58(2)44-18-10-6-15-38(44)51-45(58)27-25-33-23-21-32-22-24-34(29-40(32)50(33)51)55-60-56(35-26-28-49-41(30-35)37-14-8-12-20-48(37)64-49)62-57(61-55)53-52-39-16-7-11-19-46(39)63-47(52)31-42-36-13-5-9-17-43(36)59(3,4)54(42)53/h5-31H,1-4H3. The van der Waals surface area contributed by atoms with E-state index >= 15 is 0 Å². The Morgan fingerprint density at radius 2 is 1.02 bits per heavy atom. The van der Waals surface area contributed by atoms with Gasteiger partial charge < -0.3 is 4.42 Å². The number of fused-ring (bicyclic) bond motifs is 16. The number of hydrogen-bond acceptors (Lipinski definition) is 5. The van der Waals surface area contributed by atoms with Crippen molar-refractivity contribution in [1.82, 2.24) is 15.0 Å². The molecule has 14 rings (SSSR count). The number of furan rings is 1. The van der Waals surface area contributed by atoms with E-state index in [0.717, 1.165) is 44.2 Å². The van der Waals surface area contributed by atoms with Gasteiger partial charge in [-0.25, -0.2) is 15.0 Å². The van der Waals surface area contributed by atoms with Crippen LogP contribution in [0.15, 0.2) is 168 Å². The van der Waals surface area contributed by atoms with Gasteiger partial charge in [0.25, 0.3) is 0 Å². The maximum atomic E-state index is 6.73. The van der Waals surface area contributed by atoms with Crippen LogP contribution in [0.5, 0.6) is 0 Å². The van der Waals surface area contributed by atoms with Crippen LogP contribution in [0.25, 0.3) is 120 Å². The third-order valence-corrected chi connectivity index (χ3v) is 15.6. The van der Waals surface area contributed by atoms with Crippen LogP contribution < -0.4 is 0 Å². The Balaban J connectivity index is 1.09. The molecule has 5 heteroatoms. The van der Waals surface area contributed by atoms with E-state index in [1.54, 1.807) is 0 Å². The van der Waals surface area contributed by atoms with Crippen LogP contribution in [0, 0.1) is 0 Å². The molecule has 302 valence electrons. The zero-order chi connectivity index (χ0) is 42.6. The number of rotatable bonds is 3. The number of aromatic nitrogens is 3. The van der Waals surface area contributed by atoms with Crippen LogP contribution >= 0.6 is 11.3 Å². The minimum atomic E-state index is -0.346. The molecule has 3 aromatic heterocycles. The van der Waals surface area contributed by atoms with Crippen LogP contribution in [-0.2, 0) is 10.8 Å². The quantitative estimate of drug-likeness (QED) is 0.166. The van der Waals surface area contributed by atoms with Gasteiger partial charge in [-0.3, -0.25) is 0 Å². The zero-order valence-corrected chi connectivity index (χ0v) is 36.6. The van der Waals surface area contributed by atoms with Gasteiger partial charge in [0.05, 0.1) is 0 Å². The van der Waals surface area contributed by atoms with Crippen molar-refractivity contribution in [2.75, 3.05) is 0 Å². The van der Waals surface area contributed by atoms with E-state index in [0.29, 0.717) is 17.5 Å². The van der Waals surface area contributed by atoms with E-state index in [9.17, 15) is 0 Å². The predicted molar refractivity (Wildman–Crippen MR) is 266 cm³/mol. The molecule has 0 saturated carbocycles. The van der Waals surface area contributed by atoms with Crippen LogP contribution in [-0.4, -0.2) is 15.0 Å². The van der Waals surface area contributed by atoms with Gasteiger partial charge in [0.1, 0.15) is 11.2 Å². The molecule has 0 spiro atoms. The number of hydrogen-bond donors (Lipinski definition) is 0. The van der Waals surface area contributed by atoms with Crippen molar-refractivity contribution in [2.45, 2.75) is 38.5 Å². The average Bonchev–Trinajstić information content (AvgIpc) is 4.02. The fraction of sp³-hybridized carbons (Fsp3) is 0.102. The Hall–Kier alpha value is -7.47. The van der Waals surface area contributed by atoms with Crippen LogP contribution in [0.1, 0.15) is 49.9 Å². The van der Waals surface area contributed by atoms with E-state index in [2.05, 4.69) is 185 Å². The summed E-state index contributed by atoms with van der Waals surface area (Å²) >= 11 is 1.82. The normalized spacial score (nSPS) is 14.5. The molecule has 0 atom stereocenters. The summed E-state index contributed by atoms with van der Waals surface area (Å²) in [6.07, 6.45) is 0. The van der Waals surface area contributed by atoms with Crippen LogP contribution in [0.3, 0.4) is 0 Å². The predicted octanol–water partition coefficient (Wildman–Crippen LogP) is 16.1. The van der Waals surface area contributed by atoms with Crippen molar-refractivity contribution in [2.24, 2.45) is 0 Å². The fourth-order valence-corrected chi connectivity index (χ4v) is 12.5. The smallest absolute Gasteiger partial charge is 0.165 e. The topological polar surface area (TPSA) is 51.8 Å². The lowest BCUT2D eigenvalue weighted by molar-refractivity contribution is 0.658. The van der Waals surface area contributed by atoms with Crippen LogP contribution in [0.4, 0.5) is 0 Å². The van der Waals surface area contributed by atoms with Crippen molar-refractivity contribution in [3.05, 3.63) is 186 Å². The zero-order valence-electron chi connectivity index (χ0n) is 35.7. The molecule has 12 aromatic rings. The molecule has 0 saturated heterocycles. The van der Waals surface area contributed by atoms with Crippen molar-refractivity contribution in [1.29, 1.82) is 0 Å². The van der Waals surface area contributed by atoms with Gasteiger partial charge in [-0.05, 0) is 109 Å². The highest BCUT2D eigenvalue weighted by molar-refractivity contribution is 7.25. The van der Waals surface area contributed by atoms with E-state index in [1.807, 2.05) is 17.4 Å². The Morgan fingerprint density at radius 1 is 0.406 bits per heavy atom. The summed E-state index contributed by atoms with van der Waals surface area (Å²) in [4.78, 5) is 16.6. The van der Waals surface area contributed by atoms with E-state index in [1.165, 1.54) is 80.7 Å². The Kier molecular flexibility index (Phi) is 7.09. The molecule has 2 aliphatic rings. The van der Waals surface area contributed by atoms with Crippen molar-refractivity contribution in [3.8, 4) is 56.4 Å². The summed E-state index contributed by atoms with van der Waals surface area (Å²) in [6, 6.07) is 59.5. The summed E-state index contributed by atoms with van der Waals surface area (Å²) in [7, 11) is 0. The third-order valence-electron chi connectivity index (χ3n) is 14.5. The molecule has 0 fully saturated rings. The summed E-state index contributed by atoms with van der Waals surface area (Å²) in [5.41, 5.74) is 14.3. The first-order valence-electron chi connectivity index (χ1n) is 22.1. The molecule has 0 radical (unpaired) electrons. The minimum absolute atomic E-state index is 0.112. The Labute approximate surface area is 373 Å². The molecule has 0 amide bonds. The number of nitrogens with zero attached hydrogens (tertiary/aromatic N) is 3. The van der Waals surface area contributed by atoms with Crippen molar-refractivity contribution < 1.29 is 4.42 Å². The van der Waals surface area contributed by atoms with Gasteiger partial charge in [0, 0.05) is 58.5 Å². The van der Waals surface area contributed by atoms with Gasteiger partial charge in [-0.15, -0.1) is 11.3 Å². The van der Waals surface area contributed by atoms with Gasteiger partial charge in [0.2, 0.25) is 0 Å². The van der Waals surface area contributed by atoms with E-state index in [-0.39, 0.29) is 10.8 Å². The minimum Gasteiger partial charge on any atom is -0.456 e. The maximum absolute atomic E-state index is 6.73. The fourth-order valence-electron chi connectivity index (χ4n) is 11.5. The second-order valence-electron chi connectivity index (χ2n) is 18.7. The highest BCUT2D eigenvalue weighted by atomic mass is 32.1. The molecule has 0 bridgehead atoms. The first-order chi connectivity index (χ1) is 31.2. The summed E-state index contributed by atoms with van der Waals surface area (Å²) in [6.45, 7) is 9.37. The van der Waals surface area contributed by atoms with Gasteiger partial charge in [-0.1, -0.05) is 149 Å². The van der Waals surface area contributed by atoms with E-state index < -0.39 is 0 Å². The maximum Gasteiger partial charge on any atom is 0.165 e. The van der Waals surface area contributed by atoms with Crippen LogP contribution in [0.2, 0.25) is 0 Å². The Morgan fingerprint density at radius 3 is 1.84 bits per heavy atom. The first-order valence-corrected chi connectivity index (χ1v) is 22.9. The third kappa shape index (κ3) is 4.79. The molecular formula is C59H39N3OS. The molecule has 0 aliphatic heterocycles. The molecule has 64 heavy (non-hydrogen) atoms. The number of thiophene rings is 1. The molecule has 9 aromatic carbocycles. The second-order valence-corrected chi connectivity index (χ2v) is 19.8. The average molecular weight is 838 g/mol. The largest absolute Gasteiger partial charge is 0.456 e. The SMILES string of the molecule is CC1(C)c2ccccc2-c2c1ccc1ccc3ccc(-c4nc(-c5ccc6sc7ccccc7c6c5)nc(-c5c6c(cc7oc8ccccc8c57)-c5ccccc5C6(C)C)n4)cc3c21. The van der Waals surface area contributed by atoms with Gasteiger partial charge in [0.15, 0.2) is 17.5 Å². The van der Waals surface area contributed by atoms with Gasteiger partial charge >= 0.3 is 0 Å². The highest BCUT2D eigenvalue weighted by Crippen LogP contribution is 2.56. The summed E-state index contributed by atoms with van der Waals surface area (Å²) in [5, 5.41) is 9.38. The lowest BCUT2D eigenvalue weighted by atomic mass is 9.79. The summed E-state index contributed by atoms with van der Waals surface area (Å²) < 4.78 is 9.24. The summed E-state index contributed by atoms with van der Waals surface area (Å²) in [5.74, 6) is 1.91. The number of para-hydroxylation sites is 1. The molecule has 3 heterocycles. The number of benzene rings is 9. The van der Waals surface area contributed by atoms with Crippen molar-refractivity contribution in [3.63, 3.8) is 0 Å². The lowest BCUT2D eigenvalue weighted by Crippen LogP contribution is -2.17. The first kappa shape index (κ1) is 36.1. The molecule has 0 unspecified atom stereocenters. The molecular weight excluding hydrogens is 799 g/mol. The van der Waals surface area contributed by atoms with Gasteiger partial charge in [-0.2, -0.15) is 0 Å². The monoisotopic (exact) mass is 837 g/mol. The Bertz CT molecular complexity index is 4040. The lowest BCUT2D eigenvalue weighted by Gasteiger charge is -2.24. The van der Waals surface area contributed by atoms with Crippen molar-refractivity contribution >= 4 is 75.0 Å². The molecule has 2 aliphatic carbocycles. The molecule has 4 nitrogen and oxygen atoms in total. The highest BCUT2D eigenvalue weighted by Gasteiger charge is 2.41. The second kappa shape index (κ2) is 12.6. The molecule has 0 N–H and O–H groups in total.